The third-order valence-corrected chi connectivity index (χ3v) is 7.24. The van der Waals surface area contributed by atoms with Crippen LogP contribution < -0.4 is 10.1 Å². The second kappa shape index (κ2) is 9.48. The van der Waals surface area contributed by atoms with Gasteiger partial charge in [0, 0.05) is 44.9 Å². The third kappa shape index (κ3) is 4.46. The Labute approximate surface area is 188 Å². The van der Waals surface area contributed by atoms with Gasteiger partial charge in [-0.15, -0.1) is 0 Å². The number of carbonyl (C=O) groups is 3. The normalized spacial score (nSPS) is 28.6. The highest BCUT2D eigenvalue weighted by Gasteiger charge is 2.51. The summed E-state index contributed by atoms with van der Waals surface area (Å²) >= 11 is 0. The number of benzene rings is 1. The maximum absolute atomic E-state index is 13.7. The van der Waals surface area contributed by atoms with Crippen LogP contribution in [0.25, 0.3) is 0 Å². The number of hydrogen-bond donors (Lipinski definition) is 2. The van der Waals surface area contributed by atoms with Crippen molar-refractivity contribution in [3.63, 3.8) is 0 Å². The largest absolute Gasteiger partial charge is 0.497 e. The minimum Gasteiger partial charge on any atom is -0.497 e. The molecule has 8 nitrogen and oxygen atoms in total. The van der Waals surface area contributed by atoms with Crippen molar-refractivity contribution in [3.05, 3.63) is 29.3 Å². The monoisotopic (exact) mass is 443 g/mol. The zero-order valence-corrected chi connectivity index (χ0v) is 18.9. The lowest BCUT2D eigenvalue weighted by Gasteiger charge is -2.54. The lowest BCUT2D eigenvalue weighted by atomic mass is 9.72. The molecule has 4 heterocycles. The van der Waals surface area contributed by atoms with Crippen molar-refractivity contribution >= 4 is 17.8 Å². The van der Waals surface area contributed by atoms with Gasteiger partial charge in [-0.1, -0.05) is 6.07 Å². The predicted molar refractivity (Wildman–Crippen MR) is 118 cm³/mol. The van der Waals surface area contributed by atoms with Gasteiger partial charge in [0.25, 0.3) is 5.97 Å². The van der Waals surface area contributed by atoms with Gasteiger partial charge < -0.3 is 25.0 Å². The summed E-state index contributed by atoms with van der Waals surface area (Å²) < 4.78 is 5.33. The van der Waals surface area contributed by atoms with E-state index in [9.17, 15) is 9.59 Å². The SMILES string of the molecule is CC(=O)O.COc1ccc2c(c1)CCN(C(=O)[C@H]1[C@@H]3CNC[C@@H](C3)[C@@H]3CCCC(=O)N31)C2. The van der Waals surface area contributed by atoms with E-state index in [1.54, 1.807) is 7.11 Å². The molecular weight excluding hydrogens is 410 g/mol. The smallest absolute Gasteiger partial charge is 0.300 e. The minimum atomic E-state index is -0.833. The van der Waals surface area contributed by atoms with E-state index in [1.165, 1.54) is 11.1 Å². The average Bonchev–Trinajstić information content (AvgIpc) is 2.79. The molecule has 2 amide bonds. The summed E-state index contributed by atoms with van der Waals surface area (Å²) in [5.74, 6) is 1.11. The first-order valence-electron chi connectivity index (χ1n) is 11.5. The summed E-state index contributed by atoms with van der Waals surface area (Å²) in [5, 5.41) is 10.9. The standard InChI is InChI=1S/C22H29N3O3.C2H4O2/c1-28-18-6-5-15-13-24(8-7-14(15)10-18)22(27)21-17-9-16(11-23-12-17)19-3-2-4-20(26)25(19)21;1-2(3)4/h5-6,10,16-17,19,21,23H,2-4,7-9,11-13H2,1H3;1H3,(H,3,4)/t16-,17+,19+,21-;/m1./s1. The molecule has 174 valence electrons. The van der Waals surface area contributed by atoms with E-state index < -0.39 is 5.97 Å². The number of methoxy groups -OCH3 is 1. The Morgan fingerprint density at radius 2 is 1.91 bits per heavy atom. The van der Waals surface area contributed by atoms with Crippen molar-refractivity contribution in [2.24, 2.45) is 11.8 Å². The lowest BCUT2D eigenvalue weighted by Crippen LogP contribution is -2.68. The van der Waals surface area contributed by atoms with Gasteiger partial charge in [0.15, 0.2) is 0 Å². The number of nitrogens with zero attached hydrogens (tertiary/aromatic N) is 2. The van der Waals surface area contributed by atoms with Crippen molar-refractivity contribution in [3.8, 4) is 5.75 Å². The molecule has 0 aliphatic carbocycles. The average molecular weight is 444 g/mol. The number of carboxylic acid groups (broad SMARTS) is 1. The molecule has 1 aromatic rings. The summed E-state index contributed by atoms with van der Waals surface area (Å²) in [6, 6.07) is 6.06. The minimum absolute atomic E-state index is 0.147. The van der Waals surface area contributed by atoms with Crippen LogP contribution in [0.5, 0.6) is 5.75 Å². The molecule has 0 saturated carbocycles. The van der Waals surface area contributed by atoms with Crippen molar-refractivity contribution in [1.29, 1.82) is 0 Å². The van der Waals surface area contributed by atoms with Crippen LogP contribution in [0.2, 0.25) is 0 Å². The first-order valence-corrected chi connectivity index (χ1v) is 11.5. The molecule has 3 saturated heterocycles. The quantitative estimate of drug-likeness (QED) is 0.721. The first kappa shape index (κ1) is 22.6. The molecule has 3 fully saturated rings. The fourth-order valence-corrected chi connectivity index (χ4v) is 5.86. The van der Waals surface area contributed by atoms with Crippen LogP contribution in [0.4, 0.5) is 0 Å². The molecule has 32 heavy (non-hydrogen) atoms. The van der Waals surface area contributed by atoms with Gasteiger partial charge in [0.2, 0.25) is 11.8 Å². The number of carbonyl (C=O) groups excluding carboxylic acids is 2. The number of nitrogens with one attached hydrogen (secondary N) is 1. The Morgan fingerprint density at radius 3 is 2.66 bits per heavy atom. The fraction of sp³-hybridized carbons (Fsp3) is 0.625. The molecule has 4 aliphatic heterocycles. The Balaban J connectivity index is 0.000000567. The number of amides is 2. The third-order valence-electron chi connectivity index (χ3n) is 7.24. The van der Waals surface area contributed by atoms with Crippen LogP contribution in [0.15, 0.2) is 18.2 Å². The van der Waals surface area contributed by atoms with E-state index in [0.717, 1.165) is 51.4 Å². The summed E-state index contributed by atoms with van der Waals surface area (Å²) in [5.41, 5.74) is 2.45. The Morgan fingerprint density at radius 1 is 1.16 bits per heavy atom. The molecule has 0 radical (unpaired) electrons. The van der Waals surface area contributed by atoms with Gasteiger partial charge >= 0.3 is 0 Å². The van der Waals surface area contributed by atoms with E-state index in [1.807, 2.05) is 15.9 Å². The summed E-state index contributed by atoms with van der Waals surface area (Å²) in [7, 11) is 1.68. The lowest BCUT2D eigenvalue weighted by molar-refractivity contribution is -0.162. The molecule has 2 N–H and O–H groups in total. The molecule has 0 unspecified atom stereocenters. The van der Waals surface area contributed by atoms with Gasteiger partial charge in [-0.05, 0) is 61.4 Å². The second-order valence-electron chi connectivity index (χ2n) is 9.28. The van der Waals surface area contributed by atoms with Gasteiger partial charge in [0.05, 0.1) is 7.11 Å². The van der Waals surface area contributed by atoms with Gasteiger partial charge in [-0.3, -0.25) is 14.4 Å². The van der Waals surface area contributed by atoms with Crippen LogP contribution in [0.1, 0.15) is 43.7 Å². The van der Waals surface area contributed by atoms with Gasteiger partial charge in [-0.25, -0.2) is 0 Å². The second-order valence-corrected chi connectivity index (χ2v) is 9.28. The molecule has 1 aromatic carbocycles. The van der Waals surface area contributed by atoms with Crippen LogP contribution in [-0.4, -0.2) is 71.5 Å². The predicted octanol–water partition coefficient (Wildman–Crippen LogP) is 1.66. The molecule has 4 aliphatic rings. The molecule has 5 rings (SSSR count). The van der Waals surface area contributed by atoms with Crippen molar-refractivity contribution in [2.45, 2.75) is 57.7 Å². The fourth-order valence-electron chi connectivity index (χ4n) is 5.86. The van der Waals surface area contributed by atoms with E-state index in [0.29, 0.717) is 25.4 Å². The topological polar surface area (TPSA) is 99.2 Å². The Kier molecular flexibility index (Phi) is 6.69. The van der Waals surface area contributed by atoms with Crippen LogP contribution in [0, 0.1) is 11.8 Å². The highest BCUT2D eigenvalue weighted by atomic mass is 16.5. The van der Waals surface area contributed by atoms with E-state index >= 15 is 0 Å². The number of piperidine rings is 3. The molecule has 0 aromatic heterocycles. The number of rotatable bonds is 2. The highest BCUT2D eigenvalue weighted by Crippen LogP contribution is 2.40. The Bertz CT molecular complexity index is 884. The van der Waals surface area contributed by atoms with E-state index in [4.69, 9.17) is 14.6 Å². The van der Waals surface area contributed by atoms with Crippen molar-refractivity contribution in [1.82, 2.24) is 15.1 Å². The van der Waals surface area contributed by atoms with Crippen LogP contribution in [-0.2, 0) is 27.3 Å². The number of fused-ring (bicyclic) bond motifs is 5. The van der Waals surface area contributed by atoms with Crippen molar-refractivity contribution in [2.75, 3.05) is 26.7 Å². The maximum atomic E-state index is 13.7. The molecule has 4 atom stereocenters. The molecule has 0 spiro atoms. The number of hydrogen-bond acceptors (Lipinski definition) is 5. The molecular formula is C24H33N3O5. The molecule has 8 heteroatoms. The Hall–Kier alpha value is -2.61. The van der Waals surface area contributed by atoms with Gasteiger partial charge in [0.1, 0.15) is 11.8 Å². The number of aliphatic carboxylic acids is 1. The van der Waals surface area contributed by atoms with Crippen LogP contribution in [0.3, 0.4) is 0 Å². The number of carboxylic acids is 1. The molecule has 2 bridgehead atoms. The maximum Gasteiger partial charge on any atom is 0.300 e. The number of ether oxygens (including phenoxy) is 1. The zero-order chi connectivity index (χ0) is 22.8. The highest BCUT2D eigenvalue weighted by molar-refractivity contribution is 5.89. The van der Waals surface area contributed by atoms with Crippen LogP contribution >= 0.6 is 0 Å². The van der Waals surface area contributed by atoms with E-state index in [2.05, 4.69) is 17.4 Å². The van der Waals surface area contributed by atoms with Crippen molar-refractivity contribution < 1.29 is 24.2 Å². The zero-order valence-electron chi connectivity index (χ0n) is 18.9. The van der Waals surface area contributed by atoms with E-state index in [-0.39, 0.29) is 29.8 Å². The first-order chi connectivity index (χ1) is 15.4. The summed E-state index contributed by atoms with van der Waals surface area (Å²) in [6.45, 7) is 4.24. The van der Waals surface area contributed by atoms with Gasteiger partial charge in [-0.2, -0.15) is 0 Å². The summed E-state index contributed by atoms with van der Waals surface area (Å²) in [6.07, 6.45) is 4.50. The summed E-state index contributed by atoms with van der Waals surface area (Å²) in [4.78, 5) is 39.5.